The highest BCUT2D eigenvalue weighted by molar-refractivity contribution is 6.31. The van der Waals surface area contributed by atoms with Crippen LogP contribution in [0.1, 0.15) is 5.56 Å². The third-order valence-corrected chi connectivity index (χ3v) is 4.22. The van der Waals surface area contributed by atoms with E-state index in [1.807, 2.05) is 6.07 Å². The van der Waals surface area contributed by atoms with E-state index in [0.29, 0.717) is 5.69 Å². The van der Waals surface area contributed by atoms with E-state index in [9.17, 15) is 22.8 Å². The summed E-state index contributed by atoms with van der Waals surface area (Å²) in [6.07, 6.45) is -4.62. The number of alkyl halides is 3. The van der Waals surface area contributed by atoms with Crippen LogP contribution in [0.5, 0.6) is 0 Å². The first-order valence-electron chi connectivity index (χ1n) is 8.24. The third kappa shape index (κ3) is 5.97. The van der Waals surface area contributed by atoms with Gasteiger partial charge in [0.1, 0.15) is 0 Å². The summed E-state index contributed by atoms with van der Waals surface area (Å²) in [6, 6.07) is 12.1. The van der Waals surface area contributed by atoms with E-state index < -0.39 is 22.7 Å². The Kier molecular flexibility index (Phi) is 7.04. The Hall–Kier alpha value is -2.58. The molecule has 2 rings (SSSR count). The number of para-hydroxylation sites is 1. The lowest BCUT2D eigenvalue weighted by Crippen LogP contribution is -2.39. The third-order valence-electron chi connectivity index (χ3n) is 3.89. The van der Waals surface area contributed by atoms with Gasteiger partial charge in [0.15, 0.2) is 0 Å². The standard InChI is InChI=1S/C19H19ClF3N3O2/c1-25(12-18(28)26(2)14-6-4-3-5-7-14)11-17(27)24-13-8-9-16(20)15(10-13)19(21,22)23/h3-10H,11-12H2,1-2H3,(H,24,27). The summed E-state index contributed by atoms with van der Waals surface area (Å²) < 4.78 is 38.7. The van der Waals surface area contributed by atoms with Gasteiger partial charge in [0.05, 0.1) is 23.7 Å². The van der Waals surface area contributed by atoms with Crippen molar-refractivity contribution in [1.29, 1.82) is 0 Å². The fourth-order valence-corrected chi connectivity index (χ4v) is 2.68. The van der Waals surface area contributed by atoms with Gasteiger partial charge in [-0.25, -0.2) is 0 Å². The van der Waals surface area contributed by atoms with E-state index >= 15 is 0 Å². The second-order valence-electron chi connectivity index (χ2n) is 6.20. The molecular formula is C19H19ClF3N3O2. The molecular weight excluding hydrogens is 395 g/mol. The van der Waals surface area contributed by atoms with Crippen molar-refractivity contribution >= 4 is 34.8 Å². The molecule has 0 aliphatic rings. The van der Waals surface area contributed by atoms with Gasteiger partial charge < -0.3 is 10.2 Å². The number of nitrogens with one attached hydrogen (secondary N) is 1. The SMILES string of the molecule is CN(CC(=O)Nc1ccc(Cl)c(C(F)(F)F)c1)CC(=O)N(C)c1ccccc1. The van der Waals surface area contributed by atoms with Crippen molar-refractivity contribution in [2.24, 2.45) is 0 Å². The number of anilines is 2. The van der Waals surface area contributed by atoms with Crippen molar-refractivity contribution in [3.8, 4) is 0 Å². The summed E-state index contributed by atoms with van der Waals surface area (Å²) in [4.78, 5) is 27.3. The minimum absolute atomic E-state index is 0.0251. The van der Waals surface area contributed by atoms with Gasteiger partial charge in [-0.3, -0.25) is 14.5 Å². The monoisotopic (exact) mass is 413 g/mol. The summed E-state index contributed by atoms with van der Waals surface area (Å²) in [6.45, 7) is -0.203. The molecule has 2 amide bonds. The molecule has 0 aliphatic heterocycles. The van der Waals surface area contributed by atoms with Gasteiger partial charge in [-0.15, -0.1) is 0 Å². The first kappa shape index (κ1) is 21.7. The molecule has 0 radical (unpaired) electrons. The first-order valence-corrected chi connectivity index (χ1v) is 8.62. The predicted molar refractivity (Wildman–Crippen MR) is 102 cm³/mol. The van der Waals surface area contributed by atoms with E-state index in [-0.39, 0.29) is 24.7 Å². The van der Waals surface area contributed by atoms with Crippen molar-refractivity contribution in [3.05, 3.63) is 59.1 Å². The lowest BCUT2D eigenvalue weighted by atomic mass is 10.2. The lowest BCUT2D eigenvalue weighted by Gasteiger charge is -2.21. The quantitative estimate of drug-likeness (QED) is 0.781. The smallest absolute Gasteiger partial charge is 0.325 e. The number of carbonyl (C=O) groups excluding carboxylic acids is 2. The van der Waals surface area contributed by atoms with E-state index in [1.54, 1.807) is 38.4 Å². The molecule has 0 fully saturated rings. The van der Waals surface area contributed by atoms with Gasteiger partial charge in [-0.1, -0.05) is 29.8 Å². The van der Waals surface area contributed by atoms with Crippen LogP contribution >= 0.6 is 11.6 Å². The second-order valence-corrected chi connectivity index (χ2v) is 6.61. The van der Waals surface area contributed by atoms with Crippen molar-refractivity contribution in [1.82, 2.24) is 4.90 Å². The fourth-order valence-electron chi connectivity index (χ4n) is 2.45. The van der Waals surface area contributed by atoms with Gasteiger partial charge >= 0.3 is 6.18 Å². The summed E-state index contributed by atoms with van der Waals surface area (Å²) in [5.41, 5.74) is -0.339. The minimum Gasteiger partial charge on any atom is -0.325 e. The number of benzene rings is 2. The summed E-state index contributed by atoms with van der Waals surface area (Å²) in [7, 11) is 3.19. The number of carbonyl (C=O) groups is 2. The van der Waals surface area contributed by atoms with Crippen LogP contribution < -0.4 is 10.2 Å². The van der Waals surface area contributed by atoms with Crippen molar-refractivity contribution in [3.63, 3.8) is 0 Å². The van der Waals surface area contributed by atoms with Crippen LogP contribution in [0.4, 0.5) is 24.5 Å². The Labute approximate surface area is 165 Å². The minimum atomic E-state index is -4.62. The number of rotatable bonds is 6. The van der Waals surface area contributed by atoms with Crippen LogP contribution in [0.25, 0.3) is 0 Å². The molecule has 28 heavy (non-hydrogen) atoms. The Bertz CT molecular complexity index is 844. The highest BCUT2D eigenvalue weighted by Gasteiger charge is 2.33. The molecule has 2 aromatic carbocycles. The molecule has 0 spiro atoms. The van der Waals surface area contributed by atoms with E-state index in [4.69, 9.17) is 11.6 Å². The maximum atomic E-state index is 12.9. The highest BCUT2D eigenvalue weighted by Crippen LogP contribution is 2.36. The van der Waals surface area contributed by atoms with Crippen LogP contribution in [0.3, 0.4) is 0 Å². The maximum absolute atomic E-state index is 12.9. The molecule has 1 N–H and O–H groups in total. The number of likely N-dealkylation sites (N-methyl/N-ethyl adjacent to an activating group) is 2. The Morgan fingerprint density at radius 3 is 2.29 bits per heavy atom. The Morgan fingerprint density at radius 2 is 1.68 bits per heavy atom. The molecule has 150 valence electrons. The van der Waals surface area contributed by atoms with Crippen LogP contribution in [-0.4, -0.2) is 43.9 Å². The number of hydrogen-bond acceptors (Lipinski definition) is 3. The average molecular weight is 414 g/mol. The van der Waals surface area contributed by atoms with Gasteiger partial charge in [-0.2, -0.15) is 13.2 Å². The average Bonchev–Trinajstić information content (AvgIpc) is 2.62. The molecule has 0 atom stereocenters. The maximum Gasteiger partial charge on any atom is 0.417 e. The summed E-state index contributed by atoms with van der Waals surface area (Å²) >= 11 is 5.56. The molecule has 0 aliphatic carbocycles. The van der Waals surface area contributed by atoms with E-state index in [2.05, 4.69) is 5.32 Å². The molecule has 0 saturated heterocycles. The number of halogens is 4. The van der Waals surface area contributed by atoms with E-state index in [0.717, 1.165) is 12.1 Å². The molecule has 2 aromatic rings. The van der Waals surface area contributed by atoms with Crippen molar-refractivity contribution in [2.75, 3.05) is 37.4 Å². The number of nitrogens with zero attached hydrogens (tertiary/aromatic N) is 2. The normalized spacial score (nSPS) is 11.4. The lowest BCUT2D eigenvalue weighted by molar-refractivity contribution is -0.137. The molecule has 9 heteroatoms. The summed E-state index contributed by atoms with van der Waals surface area (Å²) in [5, 5.41) is 1.94. The predicted octanol–water partition coefficient (Wildman–Crippen LogP) is 3.89. The first-order chi connectivity index (χ1) is 13.1. The number of amides is 2. The molecule has 0 bridgehead atoms. The topological polar surface area (TPSA) is 52.7 Å². The highest BCUT2D eigenvalue weighted by atomic mass is 35.5. The molecule has 0 heterocycles. The van der Waals surface area contributed by atoms with Gasteiger partial charge in [-0.05, 0) is 37.4 Å². The Balaban J connectivity index is 1.93. The zero-order chi connectivity index (χ0) is 20.9. The van der Waals surface area contributed by atoms with Gasteiger partial charge in [0.25, 0.3) is 0 Å². The van der Waals surface area contributed by atoms with E-state index in [1.165, 1.54) is 15.9 Å². The van der Waals surface area contributed by atoms with Crippen LogP contribution in [0, 0.1) is 0 Å². The molecule has 0 unspecified atom stereocenters. The molecule has 5 nitrogen and oxygen atoms in total. The largest absolute Gasteiger partial charge is 0.417 e. The second kappa shape index (κ2) is 9.07. The van der Waals surface area contributed by atoms with Crippen LogP contribution in [0.15, 0.2) is 48.5 Å². The molecule has 0 saturated carbocycles. The van der Waals surface area contributed by atoms with Crippen LogP contribution in [0.2, 0.25) is 5.02 Å². The zero-order valence-corrected chi connectivity index (χ0v) is 16.0. The van der Waals surface area contributed by atoms with Gasteiger partial charge in [0, 0.05) is 18.4 Å². The fraction of sp³-hybridized carbons (Fsp3) is 0.263. The van der Waals surface area contributed by atoms with Crippen LogP contribution in [-0.2, 0) is 15.8 Å². The summed E-state index contributed by atoms with van der Waals surface area (Å²) in [5.74, 6) is -0.777. The van der Waals surface area contributed by atoms with Crippen molar-refractivity contribution in [2.45, 2.75) is 6.18 Å². The Morgan fingerprint density at radius 1 is 1.04 bits per heavy atom. The molecule has 0 aromatic heterocycles. The number of hydrogen-bond donors (Lipinski definition) is 1. The van der Waals surface area contributed by atoms with Gasteiger partial charge in [0.2, 0.25) is 11.8 Å². The zero-order valence-electron chi connectivity index (χ0n) is 15.3. The van der Waals surface area contributed by atoms with Crippen molar-refractivity contribution < 1.29 is 22.8 Å².